The molecule has 0 aromatic carbocycles. The van der Waals surface area contributed by atoms with Gasteiger partial charge >= 0.3 is 0 Å². The molecule has 4 heteroatoms. The summed E-state index contributed by atoms with van der Waals surface area (Å²) in [4.78, 5) is 7.14. The number of nitrogens with zero attached hydrogens (tertiary/aromatic N) is 2. The average molecular weight is 263 g/mol. The minimum absolute atomic E-state index is 0.585. The average Bonchev–Trinajstić information content (AvgIpc) is 2.88. The number of methoxy groups -OCH3 is 1. The van der Waals surface area contributed by atoms with Crippen molar-refractivity contribution < 1.29 is 4.74 Å². The second-order valence-electron chi connectivity index (χ2n) is 5.34. The Bertz CT molecular complexity index is 408. The molecule has 2 rings (SSSR count). The molecular formula is C15H25N3O. The molecule has 1 aliphatic heterocycles. The highest BCUT2D eigenvalue weighted by Gasteiger charge is 2.23. The van der Waals surface area contributed by atoms with E-state index in [9.17, 15) is 0 Å². The molecule has 0 saturated carbocycles. The molecule has 0 radical (unpaired) electrons. The van der Waals surface area contributed by atoms with Crippen LogP contribution in [-0.4, -0.2) is 31.8 Å². The summed E-state index contributed by atoms with van der Waals surface area (Å²) in [6.07, 6.45) is 3.33. The normalized spacial score (nSPS) is 19.1. The summed E-state index contributed by atoms with van der Waals surface area (Å²) in [7, 11) is 1.77. The Morgan fingerprint density at radius 2 is 2.32 bits per heavy atom. The number of hydrogen-bond donors (Lipinski definition) is 1. The molecule has 1 aromatic heterocycles. The molecule has 0 amide bonds. The number of anilines is 1. The van der Waals surface area contributed by atoms with E-state index < -0.39 is 0 Å². The van der Waals surface area contributed by atoms with E-state index in [1.54, 1.807) is 7.11 Å². The minimum Gasteiger partial charge on any atom is -0.384 e. The molecule has 1 aromatic rings. The van der Waals surface area contributed by atoms with Crippen LogP contribution >= 0.6 is 0 Å². The van der Waals surface area contributed by atoms with Gasteiger partial charge in [-0.1, -0.05) is 13.3 Å². The van der Waals surface area contributed by atoms with E-state index in [4.69, 9.17) is 15.5 Å². The maximum atomic E-state index is 5.79. The quantitative estimate of drug-likeness (QED) is 0.852. The van der Waals surface area contributed by atoms with E-state index in [0.29, 0.717) is 12.5 Å². The molecule has 1 fully saturated rings. The Morgan fingerprint density at radius 3 is 3.00 bits per heavy atom. The molecule has 0 spiro atoms. The fraction of sp³-hybridized carbons (Fsp3) is 0.667. The van der Waals surface area contributed by atoms with E-state index in [1.807, 2.05) is 0 Å². The van der Waals surface area contributed by atoms with E-state index in [2.05, 4.69) is 24.0 Å². The highest BCUT2D eigenvalue weighted by molar-refractivity contribution is 5.44. The number of aromatic nitrogens is 1. The van der Waals surface area contributed by atoms with Gasteiger partial charge in [0.25, 0.3) is 0 Å². The van der Waals surface area contributed by atoms with E-state index >= 15 is 0 Å². The van der Waals surface area contributed by atoms with Crippen LogP contribution in [0.5, 0.6) is 0 Å². The lowest BCUT2D eigenvalue weighted by Crippen LogP contribution is -2.22. The third-order valence-corrected chi connectivity index (χ3v) is 3.68. The van der Waals surface area contributed by atoms with Crippen molar-refractivity contribution in [3.05, 3.63) is 23.4 Å². The zero-order valence-electron chi connectivity index (χ0n) is 12.1. The van der Waals surface area contributed by atoms with Gasteiger partial charge in [-0.2, -0.15) is 0 Å². The first-order valence-electron chi connectivity index (χ1n) is 7.20. The predicted octanol–water partition coefficient (Wildman–Crippen LogP) is 1.97. The van der Waals surface area contributed by atoms with Gasteiger partial charge in [0.1, 0.15) is 5.82 Å². The Labute approximate surface area is 116 Å². The summed E-state index contributed by atoms with van der Waals surface area (Å²) >= 11 is 0. The van der Waals surface area contributed by atoms with Gasteiger partial charge < -0.3 is 15.4 Å². The van der Waals surface area contributed by atoms with Gasteiger partial charge in [-0.15, -0.1) is 0 Å². The largest absolute Gasteiger partial charge is 0.384 e. The van der Waals surface area contributed by atoms with Crippen molar-refractivity contribution in [1.82, 2.24) is 4.98 Å². The first-order valence-corrected chi connectivity index (χ1v) is 7.20. The third-order valence-electron chi connectivity index (χ3n) is 3.68. The van der Waals surface area contributed by atoms with Crippen LogP contribution in [0.2, 0.25) is 0 Å². The van der Waals surface area contributed by atoms with Crippen LogP contribution in [0.25, 0.3) is 0 Å². The number of nitrogens with two attached hydrogens (primary N) is 1. The van der Waals surface area contributed by atoms with Crippen LogP contribution in [0.3, 0.4) is 0 Å². The highest BCUT2D eigenvalue weighted by atomic mass is 16.5. The van der Waals surface area contributed by atoms with Crippen molar-refractivity contribution in [3.8, 4) is 0 Å². The van der Waals surface area contributed by atoms with Crippen molar-refractivity contribution in [3.63, 3.8) is 0 Å². The number of pyridine rings is 1. The Balaban J connectivity index is 2.12. The van der Waals surface area contributed by atoms with Gasteiger partial charge in [-0.3, -0.25) is 0 Å². The third kappa shape index (κ3) is 3.67. The van der Waals surface area contributed by atoms with Crippen molar-refractivity contribution in [1.29, 1.82) is 0 Å². The van der Waals surface area contributed by atoms with E-state index in [1.165, 1.54) is 12.0 Å². The molecular weight excluding hydrogens is 238 g/mol. The fourth-order valence-electron chi connectivity index (χ4n) is 2.71. The summed E-state index contributed by atoms with van der Waals surface area (Å²) in [5.74, 6) is 1.72. The van der Waals surface area contributed by atoms with Crippen LogP contribution in [-0.2, 0) is 17.7 Å². The lowest BCUT2D eigenvalue weighted by Gasteiger charge is -2.19. The predicted molar refractivity (Wildman–Crippen MR) is 78.3 cm³/mol. The molecule has 0 aliphatic carbocycles. The minimum atomic E-state index is 0.585. The van der Waals surface area contributed by atoms with Crippen LogP contribution in [0, 0.1) is 5.92 Å². The topological polar surface area (TPSA) is 51.4 Å². The molecule has 0 bridgehead atoms. The summed E-state index contributed by atoms with van der Waals surface area (Å²) in [6, 6.07) is 4.27. The molecule has 106 valence electrons. The Hall–Kier alpha value is -1.13. The highest BCUT2D eigenvalue weighted by Crippen LogP contribution is 2.24. The summed E-state index contributed by atoms with van der Waals surface area (Å²) < 4.78 is 5.25. The SMILES string of the molecule is CCCc1cc(CN)cc(N2CCC(COC)C2)n1. The maximum Gasteiger partial charge on any atom is 0.129 e. The zero-order chi connectivity index (χ0) is 13.7. The smallest absolute Gasteiger partial charge is 0.129 e. The lowest BCUT2D eigenvalue weighted by molar-refractivity contribution is 0.161. The number of aryl methyl sites for hydroxylation is 1. The second kappa shape index (κ2) is 6.87. The molecule has 1 saturated heterocycles. The van der Waals surface area contributed by atoms with Crippen LogP contribution in [0.4, 0.5) is 5.82 Å². The summed E-state index contributed by atoms with van der Waals surface area (Å²) in [5, 5.41) is 0. The van der Waals surface area contributed by atoms with Crippen LogP contribution < -0.4 is 10.6 Å². The van der Waals surface area contributed by atoms with Crippen LogP contribution in [0.1, 0.15) is 31.0 Å². The first kappa shape index (κ1) is 14.3. The van der Waals surface area contributed by atoms with Crippen molar-refractivity contribution >= 4 is 5.82 Å². The standard InChI is InChI=1S/C15H25N3O/c1-3-4-14-7-13(9-16)8-15(17-14)18-6-5-12(10-18)11-19-2/h7-8,12H,3-6,9-11,16H2,1-2H3. The van der Waals surface area contributed by atoms with E-state index in [0.717, 1.165) is 44.0 Å². The maximum absolute atomic E-state index is 5.79. The molecule has 1 atom stereocenters. The van der Waals surface area contributed by atoms with Crippen molar-refractivity contribution in [2.45, 2.75) is 32.7 Å². The number of rotatable bonds is 6. The summed E-state index contributed by atoms with van der Waals surface area (Å²) in [5.41, 5.74) is 8.14. The van der Waals surface area contributed by atoms with Crippen LogP contribution in [0.15, 0.2) is 12.1 Å². The van der Waals surface area contributed by atoms with Crippen molar-refractivity contribution in [2.24, 2.45) is 11.7 Å². The van der Waals surface area contributed by atoms with Crippen molar-refractivity contribution in [2.75, 3.05) is 31.7 Å². The molecule has 19 heavy (non-hydrogen) atoms. The number of ether oxygens (including phenoxy) is 1. The monoisotopic (exact) mass is 263 g/mol. The second-order valence-corrected chi connectivity index (χ2v) is 5.34. The van der Waals surface area contributed by atoms with Gasteiger partial charge in [0.15, 0.2) is 0 Å². The molecule has 1 aliphatic rings. The fourth-order valence-corrected chi connectivity index (χ4v) is 2.71. The van der Waals surface area contributed by atoms with E-state index in [-0.39, 0.29) is 0 Å². The zero-order valence-corrected chi connectivity index (χ0v) is 12.1. The number of hydrogen-bond acceptors (Lipinski definition) is 4. The van der Waals surface area contributed by atoms with Gasteiger partial charge in [-0.05, 0) is 30.5 Å². The van der Waals surface area contributed by atoms with Gasteiger partial charge in [0.2, 0.25) is 0 Å². The molecule has 2 heterocycles. The molecule has 2 N–H and O–H groups in total. The Morgan fingerprint density at radius 1 is 1.47 bits per heavy atom. The van der Waals surface area contributed by atoms with Gasteiger partial charge in [0, 0.05) is 38.4 Å². The van der Waals surface area contributed by atoms with Gasteiger partial charge in [0.05, 0.1) is 6.61 Å². The lowest BCUT2D eigenvalue weighted by atomic mass is 10.1. The summed E-state index contributed by atoms with van der Waals surface area (Å²) in [6.45, 7) is 5.72. The first-order chi connectivity index (χ1) is 9.26. The molecule has 1 unspecified atom stereocenters. The molecule has 4 nitrogen and oxygen atoms in total. The Kier molecular flexibility index (Phi) is 5.16. The van der Waals surface area contributed by atoms with Gasteiger partial charge in [-0.25, -0.2) is 4.98 Å².